The van der Waals surface area contributed by atoms with Gasteiger partial charge in [0, 0.05) is 13.1 Å². The molecule has 0 bridgehead atoms. The average molecular weight is 261 g/mol. The van der Waals surface area contributed by atoms with Crippen LogP contribution in [0.2, 0.25) is 0 Å². The summed E-state index contributed by atoms with van der Waals surface area (Å²) in [5.74, 6) is 0.654. The first kappa shape index (κ1) is 14.5. The third-order valence-electron chi connectivity index (χ3n) is 4.34. The van der Waals surface area contributed by atoms with Crippen molar-refractivity contribution in [3.8, 4) is 0 Å². The van der Waals surface area contributed by atoms with Crippen LogP contribution in [0.4, 0.5) is 0 Å². The fourth-order valence-corrected chi connectivity index (χ4v) is 3.27. The van der Waals surface area contributed by atoms with E-state index >= 15 is 0 Å². The van der Waals surface area contributed by atoms with E-state index in [1.54, 1.807) is 0 Å². The molecule has 2 unspecified atom stereocenters. The van der Waals surface area contributed by atoms with Gasteiger partial charge in [0.2, 0.25) is 0 Å². The fourth-order valence-electron chi connectivity index (χ4n) is 3.27. The van der Waals surface area contributed by atoms with Gasteiger partial charge < -0.3 is 10.4 Å². The highest BCUT2D eigenvalue weighted by Gasteiger charge is 2.31. The van der Waals surface area contributed by atoms with E-state index in [2.05, 4.69) is 44.3 Å². The Morgan fingerprint density at radius 1 is 1.37 bits per heavy atom. The van der Waals surface area contributed by atoms with Crippen LogP contribution < -0.4 is 5.32 Å². The molecule has 1 aliphatic carbocycles. The highest BCUT2D eigenvalue weighted by molar-refractivity contribution is 5.30. The van der Waals surface area contributed by atoms with Crippen molar-refractivity contribution in [3.63, 3.8) is 0 Å². The molecule has 106 valence electrons. The Morgan fingerprint density at radius 3 is 2.84 bits per heavy atom. The maximum absolute atomic E-state index is 10.6. The van der Waals surface area contributed by atoms with E-state index in [-0.39, 0.29) is 0 Å². The van der Waals surface area contributed by atoms with Gasteiger partial charge in [-0.25, -0.2) is 0 Å². The van der Waals surface area contributed by atoms with E-state index in [4.69, 9.17) is 0 Å². The molecule has 0 amide bonds. The molecular weight excluding hydrogens is 234 g/mol. The Balaban J connectivity index is 1.85. The lowest BCUT2D eigenvalue weighted by Crippen LogP contribution is -2.43. The number of rotatable bonds is 4. The first-order chi connectivity index (χ1) is 8.98. The van der Waals surface area contributed by atoms with Gasteiger partial charge in [-0.1, -0.05) is 43.5 Å². The number of hydrogen-bond donors (Lipinski definition) is 2. The zero-order chi connectivity index (χ0) is 13.9. The van der Waals surface area contributed by atoms with E-state index in [1.807, 2.05) is 0 Å². The van der Waals surface area contributed by atoms with Crippen LogP contribution in [0.25, 0.3) is 0 Å². The highest BCUT2D eigenvalue weighted by atomic mass is 16.3. The minimum absolute atomic E-state index is 0.490. The molecule has 0 radical (unpaired) electrons. The van der Waals surface area contributed by atoms with Gasteiger partial charge in [0.15, 0.2) is 0 Å². The Kier molecular flexibility index (Phi) is 4.64. The van der Waals surface area contributed by atoms with Crippen LogP contribution in [-0.4, -0.2) is 17.3 Å². The molecule has 1 saturated carbocycles. The molecule has 1 fully saturated rings. The van der Waals surface area contributed by atoms with Gasteiger partial charge in [0.05, 0.1) is 5.60 Å². The minimum Gasteiger partial charge on any atom is -0.389 e. The SMILES string of the molecule is Cc1ccc(CNCC2(O)CCCC(C)C2)c(C)c1. The molecule has 1 aromatic rings. The van der Waals surface area contributed by atoms with E-state index < -0.39 is 5.60 Å². The van der Waals surface area contributed by atoms with E-state index in [9.17, 15) is 5.11 Å². The maximum atomic E-state index is 10.6. The van der Waals surface area contributed by atoms with Crippen molar-refractivity contribution >= 4 is 0 Å². The molecule has 0 saturated heterocycles. The van der Waals surface area contributed by atoms with Gasteiger partial charge in [-0.15, -0.1) is 0 Å². The van der Waals surface area contributed by atoms with Crippen LogP contribution in [-0.2, 0) is 6.54 Å². The third kappa shape index (κ3) is 4.05. The third-order valence-corrected chi connectivity index (χ3v) is 4.34. The Hall–Kier alpha value is -0.860. The summed E-state index contributed by atoms with van der Waals surface area (Å²) < 4.78 is 0. The first-order valence-corrected chi connectivity index (χ1v) is 7.48. The molecule has 0 aliphatic heterocycles. The lowest BCUT2D eigenvalue weighted by molar-refractivity contribution is -0.0119. The molecule has 2 N–H and O–H groups in total. The van der Waals surface area contributed by atoms with Crippen LogP contribution in [0.5, 0.6) is 0 Å². The summed E-state index contributed by atoms with van der Waals surface area (Å²) in [6.45, 7) is 8.08. The van der Waals surface area contributed by atoms with Gasteiger partial charge in [-0.2, -0.15) is 0 Å². The van der Waals surface area contributed by atoms with Crippen molar-refractivity contribution in [2.45, 2.75) is 58.6 Å². The molecule has 2 heteroatoms. The zero-order valence-electron chi connectivity index (χ0n) is 12.5. The summed E-state index contributed by atoms with van der Waals surface area (Å²) in [6, 6.07) is 6.56. The fraction of sp³-hybridized carbons (Fsp3) is 0.647. The van der Waals surface area contributed by atoms with Crippen LogP contribution in [0.15, 0.2) is 18.2 Å². The summed E-state index contributed by atoms with van der Waals surface area (Å²) in [6.07, 6.45) is 4.30. The predicted octanol–water partition coefficient (Wildman–Crippen LogP) is 3.33. The van der Waals surface area contributed by atoms with Crippen molar-refractivity contribution in [2.24, 2.45) is 5.92 Å². The molecule has 2 atom stereocenters. The van der Waals surface area contributed by atoms with Crippen molar-refractivity contribution in [1.82, 2.24) is 5.32 Å². The summed E-state index contributed by atoms with van der Waals surface area (Å²) in [4.78, 5) is 0. The smallest absolute Gasteiger partial charge is 0.0774 e. The molecule has 1 aliphatic rings. The molecule has 2 rings (SSSR count). The Bertz CT molecular complexity index is 429. The predicted molar refractivity (Wildman–Crippen MR) is 80.2 cm³/mol. The number of nitrogens with one attached hydrogen (secondary N) is 1. The molecule has 0 heterocycles. The second-order valence-corrected chi connectivity index (χ2v) is 6.46. The molecule has 2 nitrogen and oxygen atoms in total. The lowest BCUT2D eigenvalue weighted by atomic mass is 9.79. The minimum atomic E-state index is -0.490. The second kappa shape index (κ2) is 6.06. The van der Waals surface area contributed by atoms with Crippen molar-refractivity contribution in [3.05, 3.63) is 34.9 Å². The summed E-state index contributed by atoms with van der Waals surface area (Å²) in [5.41, 5.74) is 3.48. The quantitative estimate of drug-likeness (QED) is 0.871. The Morgan fingerprint density at radius 2 is 2.16 bits per heavy atom. The topological polar surface area (TPSA) is 32.3 Å². The zero-order valence-corrected chi connectivity index (χ0v) is 12.5. The van der Waals surface area contributed by atoms with Gasteiger partial charge in [0.1, 0.15) is 0 Å². The van der Waals surface area contributed by atoms with Gasteiger partial charge in [-0.3, -0.25) is 0 Å². The van der Waals surface area contributed by atoms with Crippen molar-refractivity contribution in [2.75, 3.05) is 6.54 Å². The van der Waals surface area contributed by atoms with Crippen LogP contribution in [0, 0.1) is 19.8 Å². The second-order valence-electron chi connectivity index (χ2n) is 6.46. The number of benzene rings is 1. The molecular formula is C17H27NO. The van der Waals surface area contributed by atoms with Crippen LogP contribution in [0.1, 0.15) is 49.3 Å². The summed E-state index contributed by atoms with van der Waals surface area (Å²) >= 11 is 0. The number of aliphatic hydroxyl groups is 1. The first-order valence-electron chi connectivity index (χ1n) is 7.48. The number of aryl methyl sites for hydroxylation is 2. The summed E-state index contributed by atoms with van der Waals surface area (Å²) in [7, 11) is 0. The van der Waals surface area contributed by atoms with E-state index in [0.717, 1.165) is 25.8 Å². The monoisotopic (exact) mass is 261 g/mol. The standard InChI is InChI=1S/C17H27NO/c1-13-6-7-16(15(3)9-13)11-18-12-17(19)8-4-5-14(2)10-17/h6-7,9,14,18-19H,4-5,8,10-12H2,1-3H3. The molecule has 1 aromatic carbocycles. The molecule has 19 heavy (non-hydrogen) atoms. The Labute approximate surface area is 117 Å². The van der Waals surface area contributed by atoms with E-state index in [1.165, 1.54) is 23.1 Å². The number of hydrogen-bond acceptors (Lipinski definition) is 2. The van der Waals surface area contributed by atoms with Gasteiger partial charge >= 0.3 is 0 Å². The van der Waals surface area contributed by atoms with Gasteiger partial charge in [-0.05, 0) is 43.7 Å². The summed E-state index contributed by atoms with van der Waals surface area (Å²) in [5, 5.41) is 14.0. The normalized spacial score (nSPS) is 27.5. The average Bonchev–Trinajstić information content (AvgIpc) is 2.31. The van der Waals surface area contributed by atoms with Crippen molar-refractivity contribution < 1.29 is 5.11 Å². The van der Waals surface area contributed by atoms with Crippen molar-refractivity contribution in [1.29, 1.82) is 0 Å². The largest absolute Gasteiger partial charge is 0.389 e. The van der Waals surface area contributed by atoms with Gasteiger partial charge in [0.25, 0.3) is 0 Å². The molecule has 0 spiro atoms. The van der Waals surface area contributed by atoms with Crippen LogP contribution >= 0.6 is 0 Å². The maximum Gasteiger partial charge on any atom is 0.0774 e. The van der Waals surface area contributed by atoms with E-state index in [0.29, 0.717) is 12.5 Å². The highest BCUT2D eigenvalue weighted by Crippen LogP contribution is 2.31. The lowest BCUT2D eigenvalue weighted by Gasteiger charge is -2.35. The van der Waals surface area contributed by atoms with Crippen LogP contribution in [0.3, 0.4) is 0 Å². The molecule has 0 aromatic heterocycles.